The maximum absolute atomic E-state index is 13.5. The minimum absolute atomic E-state index is 0.00756. The van der Waals surface area contributed by atoms with Crippen LogP contribution in [0, 0.1) is 11.6 Å². The summed E-state index contributed by atoms with van der Waals surface area (Å²) >= 11 is 0.974. The van der Waals surface area contributed by atoms with E-state index in [0.29, 0.717) is 11.3 Å². The lowest BCUT2D eigenvalue weighted by Gasteiger charge is -2.08. The van der Waals surface area contributed by atoms with E-state index in [9.17, 15) is 18.4 Å². The molecule has 0 aliphatic heterocycles. The van der Waals surface area contributed by atoms with Crippen LogP contribution >= 0.6 is 11.8 Å². The molecule has 0 heterocycles. The molecule has 2 amide bonds. The van der Waals surface area contributed by atoms with E-state index in [-0.39, 0.29) is 35.6 Å². The van der Waals surface area contributed by atoms with E-state index >= 15 is 0 Å². The summed E-state index contributed by atoms with van der Waals surface area (Å²) in [6.45, 7) is 0.484. The van der Waals surface area contributed by atoms with Crippen LogP contribution in [0.2, 0.25) is 0 Å². The summed E-state index contributed by atoms with van der Waals surface area (Å²) in [5.41, 5.74) is 0.456. The molecule has 0 atom stereocenters. The number of halogens is 2. The first-order valence-electron chi connectivity index (χ1n) is 7.76. The van der Waals surface area contributed by atoms with Gasteiger partial charge in [-0.15, -0.1) is 11.8 Å². The zero-order valence-electron chi connectivity index (χ0n) is 14.1. The van der Waals surface area contributed by atoms with Crippen LogP contribution in [-0.4, -0.2) is 37.8 Å². The van der Waals surface area contributed by atoms with E-state index in [4.69, 9.17) is 4.74 Å². The second kappa shape index (κ2) is 9.76. The summed E-state index contributed by atoms with van der Waals surface area (Å²) in [5, 5.41) is 5.29. The SMILES string of the molecule is COc1cccc(C(=O)NCCNC(=O)CSc2ccc(F)cc2F)c1. The average Bonchev–Trinajstić information content (AvgIpc) is 2.64. The van der Waals surface area contributed by atoms with E-state index in [1.165, 1.54) is 13.2 Å². The van der Waals surface area contributed by atoms with Crippen LogP contribution in [0.1, 0.15) is 10.4 Å². The lowest BCUT2D eigenvalue weighted by molar-refractivity contribution is -0.118. The molecule has 0 spiro atoms. The summed E-state index contributed by atoms with van der Waals surface area (Å²) in [5.74, 6) is -1.38. The largest absolute Gasteiger partial charge is 0.497 e. The number of thioether (sulfide) groups is 1. The molecule has 138 valence electrons. The van der Waals surface area contributed by atoms with Crippen molar-refractivity contribution >= 4 is 23.6 Å². The summed E-state index contributed by atoms with van der Waals surface area (Å²) in [7, 11) is 1.52. The summed E-state index contributed by atoms with van der Waals surface area (Å²) < 4.78 is 31.3. The first kappa shape index (κ1) is 19.7. The quantitative estimate of drug-likeness (QED) is 0.546. The van der Waals surface area contributed by atoms with E-state index in [0.717, 1.165) is 23.9 Å². The van der Waals surface area contributed by atoms with Gasteiger partial charge in [-0.1, -0.05) is 6.07 Å². The van der Waals surface area contributed by atoms with Gasteiger partial charge < -0.3 is 15.4 Å². The standard InChI is InChI=1S/C18H18F2N2O3S/c1-25-14-4-2-3-12(9-14)18(24)22-8-7-21-17(23)11-26-16-6-5-13(19)10-15(16)20/h2-6,9-10H,7-8,11H2,1H3,(H,21,23)(H,22,24). The molecule has 0 saturated carbocycles. The number of carbonyl (C=O) groups excluding carboxylic acids is 2. The minimum atomic E-state index is -0.701. The molecule has 2 rings (SSSR count). The van der Waals surface area contributed by atoms with Gasteiger partial charge in [-0.2, -0.15) is 0 Å². The molecule has 8 heteroatoms. The third kappa shape index (κ3) is 6.03. The highest BCUT2D eigenvalue weighted by atomic mass is 32.2. The molecule has 5 nitrogen and oxygen atoms in total. The van der Waals surface area contributed by atoms with Gasteiger partial charge >= 0.3 is 0 Å². The van der Waals surface area contributed by atoms with E-state index in [1.54, 1.807) is 24.3 Å². The van der Waals surface area contributed by atoms with Crippen molar-refractivity contribution in [3.63, 3.8) is 0 Å². The fraction of sp³-hybridized carbons (Fsp3) is 0.222. The molecule has 0 fully saturated rings. The molecule has 2 aromatic carbocycles. The number of hydrogen-bond acceptors (Lipinski definition) is 4. The number of carbonyl (C=O) groups is 2. The van der Waals surface area contributed by atoms with Gasteiger partial charge in [0.2, 0.25) is 5.91 Å². The van der Waals surface area contributed by atoms with E-state index in [2.05, 4.69) is 10.6 Å². The Kier molecular flexibility index (Phi) is 7.40. The number of benzene rings is 2. The Bertz CT molecular complexity index is 787. The molecular weight excluding hydrogens is 362 g/mol. The van der Waals surface area contributed by atoms with Crippen LogP contribution in [0.4, 0.5) is 8.78 Å². The minimum Gasteiger partial charge on any atom is -0.497 e. The molecule has 26 heavy (non-hydrogen) atoms. The third-order valence-electron chi connectivity index (χ3n) is 3.32. The maximum Gasteiger partial charge on any atom is 0.251 e. The van der Waals surface area contributed by atoms with Crippen LogP contribution in [-0.2, 0) is 4.79 Å². The van der Waals surface area contributed by atoms with Gasteiger partial charge in [0, 0.05) is 29.6 Å². The molecule has 0 saturated heterocycles. The molecule has 0 aromatic heterocycles. The number of hydrogen-bond donors (Lipinski definition) is 2. The molecule has 2 aromatic rings. The molecule has 0 radical (unpaired) electrons. The van der Waals surface area contributed by atoms with Gasteiger partial charge in [-0.25, -0.2) is 8.78 Å². The number of ether oxygens (including phenoxy) is 1. The number of rotatable bonds is 8. The van der Waals surface area contributed by atoms with Crippen molar-refractivity contribution in [3.05, 3.63) is 59.7 Å². The zero-order valence-corrected chi connectivity index (χ0v) is 14.9. The van der Waals surface area contributed by atoms with Gasteiger partial charge in [0.1, 0.15) is 17.4 Å². The Morgan fingerprint density at radius 3 is 2.58 bits per heavy atom. The van der Waals surface area contributed by atoms with E-state index in [1.807, 2.05) is 0 Å². The summed E-state index contributed by atoms with van der Waals surface area (Å²) in [6.07, 6.45) is 0. The predicted octanol–water partition coefficient (Wildman–Crippen LogP) is 2.61. The van der Waals surface area contributed by atoms with Crippen molar-refractivity contribution in [2.24, 2.45) is 0 Å². The highest BCUT2D eigenvalue weighted by molar-refractivity contribution is 8.00. The van der Waals surface area contributed by atoms with Crippen LogP contribution in [0.25, 0.3) is 0 Å². The Hall–Kier alpha value is -2.61. The average molecular weight is 380 g/mol. The van der Waals surface area contributed by atoms with Crippen LogP contribution in [0.15, 0.2) is 47.4 Å². The fourth-order valence-corrected chi connectivity index (χ4v) is 2.78. The normalized spacial score (nSPS) is 10.3. The van der Waals surface area contributed by atoms with Gasteiger partial charge in [0.25, 0.3) is 5.91 Å². The van der Waals surface area contributed by atoms with E-state index < -0.39 is 11.6 Å². The molecular formula is C18H18F2N2O3S. The lowest BCUT2D eigenvalue weighted by Crippen LogP contribution is -2.35. The molecule has 0 aliphatic carbocycles. The van der Waals surface area contributed by atoms with Crippen molar-refractivity contribution in [2.75, 3.05) is 26.0 Å². The van der Waals surface area contributed by atoms with Gasteiger partial charge in [0.05, 0.1) is 12.9 Å². The maximum atomic E-state index is 13.5. The summed E-state index contributed by atoms with van der Waals surface area (Å²) in [4.78, 5) is 23.9. The van der Waals surface area contributed by atoms with Crippen LogP contribution in [0.3, 0.4) is 0 Å². The first-order valence-corrected chi connectivity index (χ1v) is 8.75. The number of amides is 2. The first-order chi connectivity index (χ1) is 12.5. The fourth-order valence-electron chi connectivity index (χ4n) is 2.03. The highest BCUT2D eigenvalue weighted by Crippen LogP contribution is 2.21. The zero-order chi connectivity index (χ0) is 18.9. The molecule has 0 unspecified atom stereocenters. The van der Waals surface area contributed by atoms with Crippen molar-refractivity contribution in [1.82, 2.24) is 10.6 Å². The van der Waals surface area contributed by atoms with Crippen LogP contribution < -0.4 is 15.4 Å². The second-order valence-corrected chi connectivity index (χ2v) is 6.22. The molecule has 2 N–H and O–H groups in total. The van der Waals surface area contributed by atoms with Gasteiger partial charge in [-0.05, 0) is 30.3 Å². The van der Waals surface area contributed by atoms with Crippen molar-refractivity contribution in [1.29, 1.82) is 0 Å². The van der Waals surface area contributed by atoms with Crippen LogP contribution in [0.5, 0.6) is 5.75 Å². The van der Waals surface area contributed by atoms with Crippen molar-refractivity contribution in [2.45, 2.75) is 4.90 Å². The molecule has 0 aliphatic rings. The summed E-state index contributed by atoms with van der Waals surface area (Å²) in [6, 6.07) is 9.91. The Balaban J connectivity index is 1.68. The monoisotopic (exact) mass is 380 g/mol. The van der Waals surface area contributed by atoms with Crippen molar-refractivity contribution in [3.8, 4) is 5.75 Å². The second-order valence-electron chi connectivity index (χ2n) is 5.20. The smallest absolute Gasteiger partial charge is 0.251 e. The number of methoxy groups -OCH3 is 1. The third-order valence-corrected chi connectivity index (χ3v) is 4.37. The van der Waals surface area contributed by atoms with Gasteiger partial charge in [-0.3, -0.25) is 9.59 Å². The van der Waals surface area contributed by atoms with Gasteiger partial charge in [0.15, 0.2) is 0 Å². The lowest BCUT2D eigenvalue weighted by atomic mass is 10.2. The predicted molar refractivity (Wildman–Crippen MR) is 95.4 cm³/mol. The number of nitrogens with one attached hydrogen (secondary N) is 2. The molecule has 0 bridgehead atoms. The Morgan fingerprint density at radius 2 is 1.85 bits per heavy atom. The topological polar surface area (TPSA) is 67.4 Å². The Labute approximate surface area is 154 Å². The highest BCUT2D eigenvalue weighted by Gasteiger charge is 2.09. The Morgan fingerprint density at radius 1 is 1.08 bits per heavy atom. The van der Waals surface area contributed by atoms with Crippen molar-refractivity contribution < 1.29 is 23.1 Å².